The molecule has 1 aliphatic carbocycles. The first-order valence-corrected chi connectivity index (χ1v) is 8.37. The first kappa shape index (κ1) is 16.3. The highest BCUT2D eigenvalue weighted by Crippen LogP contribution is 2.36. The maximum absolute atomic E-state index is 12.6. The van der Waals surface area contributed by atoms with Crippen LogP contribution in [0.15, 0.2) is 0 Å². The number of carbonyl (C=O) groups is 3. The van der Waals surface area contributed by atoms with Gasteiger partial charge in [0.2, 0.25) is 0 Å². The third-order valence-electron chi connectivity index (χ3n) is 4.28. The lowest BCUT2D eigenvalue weighted by molar-refractivity contribution is -0.156. The van der Waals surface area contributed by atoms with Gasteiger partial charge in [0.05, 0.1) is 0 Å². The molecule has 7 heteroatoms. The molecule has 6 nitrogen and oxygen atoms in total. The third kappa shape index (κ3) is 3.22. The molecule has 1 saturated carbocycles. The Labute approximate surface area is 131 Å². The standard InChI is InChI=1S/C14H20BrNO5/c1-8(17)21-12-10(7-15)11(14(19)20)16(13(12)18)9-5-3-2-4-6-9/h9-12H,2-7H2,1H3,(H,19,20). The lowest BCUT2D eigenvalue weighted by Crippen LogP contribution is -2.48. The van der Waals surface area contributed by atoms with Crippen molar-refractivity contribution < 1.29 is 24.2 Å². The van der Waals surface area contributed by atoms with E-state index in [0.29, 0.717) is 5.33 Å². The second-order valence-electron chi connectivity index (χ2n) is 5.67. The first-order chi connectivity index (χ1) is 9.97. The molecule has 21 heavy (non-hydrogen) atoms. The molecular formula is C14H20BrNO5. The monoisotopic (exact) mass is 361 g/mol. The van der Waals surface area contributed by atoms with E-state index >= 15 is 0 Å². The average molecular weight is 362 g/mol. The minimum atomic E-state index is -1.03. The zero-order valence-electron chi connectivity index (χ0n) is 12.0. The molecule has 3 atom stereocenters. The fraction of sp³-hybridized carbons (Fsp3) is 0.786. The van der Waals surface area contributed by atoms with Gasteiger partial charge in [-0.1, -0.05) is 35.2 Å². The molecule has 118 valence electrons. The fourth-order valence-corrected chi connectivity index (χ4v) is 4.08. The summed E-state index contributed by atoms with van der Waals surface area (Å²) in [6.45, 7) is 1.23. The maximum Gasteiger partial charge on any atom is 0.326 e. The van der Waals surface area contributed by atoms with Crippen LogP contribution in [-0.4, -0.2) is 51.4 Å². The van der Waals surface area contributed by atoms with Gasteiger partial charge < -0.3 is 14.7 Å². The van der Waals surface area contributed by atoms with Gasteiger partial charge >= 0.3 is 11.9 Å². The predicted octanol–water partition coefficient (Wildman–Crippen LogP) is 1.56. The molecule has 0 bridgehead atoms. The lowest BCUT2D eigenvalue weighted by atomic mass is 9.93. The van der Waals surface area contributed by atoms with E-state index in [1.54, 1.807) is 0 Å². The van der Waals surface area contributed by atoms with Crippen molar-refractivity contribution in [2.75, 3.05) is 5.33 Å². The molecular weight excluding hydrogens is 342 g/mol. The zero-order valence-corrected chi connectivity index (χ0v) is 13.5. The Balaban J connectivity index is 2.29. The molecule has 1 saturated heterocycles. The van der Waals surface area contributed by atoms with Crippen molar-refractivity contribution in [1.29, 1.82) is 0 Å². The predicted molar refractivity (Wildman–Crippen MR) is 78.0 cm³/mol. The number of amides is 1. The number of rotatable bonds is 4. The summed E-state index contributed by atoms with van der Waals surface area (Å²) in [5, 5.41) is 9.83. The Hall–Kier alpha value is -1.11. The Morgan fingerprint density at radius 1 is 1.33 bits per heavy atom. The number of esters is 1. The van der Waals surface area contributed by atoms with Gasteiger partial charge in [-0.3, -0.25) is 9.59 Å². The summed E-state index contributed by atoms with van der Waals surface area (Å²) in [6, 6.07) is -0.987. The van der Waals surface area contributed by atoms with E-state index in [4.69, 9.17) is 4.74 Å². The normalized spacial score (nSPS) is 30.5. The summed E-state index contributed by atoms with van der Waals surface area (Å²) in [7, 11) is 0. The summed E-state index contributed by atoms with van der Waals surface area (Å²) in [6.07, 6.45) is 3.75. The van der Waals surface area contributed by atoms with Crippen LogP contribution in [-0.2, 0) is 19.1 Å². The highest BCUT2D eigenvalue weighted by molar-refractivity contribution is 9.09. The van der Waals surface area contributed by atoms with Crippen LogP contribution in [0.25, 0.3) is 0 Å². The smallest absolute Gasteiger partial charge is 0.326 e. The molecule has 1 N–H and O–H groups in total. The number of carboxylic acid groups (broad SMARTS) is 1. The number of hydrogen-bond donors (Lipinski definition) is 1. The number of nitrogens with zero attached hydrogens (tertiary/aromatic N) is 1. The van der Waals surface area contributed by atoms with Crippen LogP contribution in [0.5, 0.6) is 0 Å². The van der Waals surface area contributed by atoms with Gasteiger partial charge in [0, 0.05) is 24.2 Å². The van der Waals surface area contributed by atoms with Crippen LogP contribution in [0, 0.1) is 5.92 Å². The lowest BCUT2D eigenvalue weighted by Gasteiger charge is -2.34. The fourth-order valence-electron chi connectivity index (χ4n) is 3.39. The van der Waals surface area contributed by atoms with E-state index < -0.39 is 30.0 Å². The van der Waals surface area contributed by atoms with E-state index in [1.165, 1.54) is 11.8 Å². The largest absolute Gasteiger partial charge is 0.480 e. The number of carbonyl (C=O) groups excluding carboxylic acids is 2. The third-order valence-corrected chi connectivity index (χ3v) is 5.03. The van der Waals surface area contributed by atoms with Crippen LogP contribution in [0.2, 0.25) is 0 Å². The number of ether oxygens (including phenoxy) is 1. The molecule has 2 fully saturated rings. The topological polar surface area (TPSA) is 83.9 Å². The number of carboxylic acids is 1. The molecule has 1 heterocycles. The molecule has 0 spiro atoms. The van der Waals surface area contributed by atoms with E-state index in [-0.39, 0.29) is 11.9 Å². The Morgan fingerprint density at radius 2 is 1.95 bits per heavy atom. The van der Waals surface area contributed by atoms with Gasteiger partial charge in [0.1, 0.15) is 6.04 Å². The quantitative estimate of drug-likeness (QED) is 0.606. The average Bonchev–Trinajstić information content (AvgIpc) is 2.72. The van der Waals surface area contributed by atoms with Crippen LogP contribution in [0.4, 0.5) is 0 Å². The van der Waals surface area contributed by atoms with Crippen LogP contribution in [0.1, 0.15) is 39.0 Å². The Bertz CT molecular complexity index is 435. The molecule has 0 radical (unpaired) electrons. The molecule has 0 aromatic carbocycles. The van der Waals surface area contributed by atoms with Crippen molar-refractivity contribution >= 4 is 33.8 Å². The van der Waals surface area contributed by atoms with Crippen molar-refractivity contribution in [3.05, 3.63) is 0 Å². The number of likely N-dealkylation sites (tertiary alicyclic amines) is 1. The van der Waals surface area contributed by atoms with Crippen molar-refractivity contribution in [3.63, 3.8) is 0 Å². The number of hydrogen-bond acceptors (Lipinski definition) is 4. The summed E-state index contributed by atoms with van der Waals surface area (Å²) in [4.78, 5) is 36.9. The number of aliphatic carboxylic acids is 1. The second-order valence-corrected chi connectivity index (χ2v) is 6.32. The van der Waals surface area contributed by atoms with Gasteiger partial charge in [-0.05, 0) is 12.8 Å². The minimum absolute atomic E-state index is 0.0607. The van der Waals surface area contributed by atoms with Crippen molar-refractivity contribution in [3.8, 4) is 0 Å². The Morgan fingerprint density at radius 3 is 2.43 bits per heavy atom. The first-order valence-electron chi connectivity index (χ1n) is 7.25. The van der Waals surface area contributed by atoms with Crippen LogP contribution < -0.4 is 0 Å². The molecule has 1 amide bonds. The van der Waals surface area contributed by atoms with E-state index in [2.05, 4.69) is 15.9 Å². The van der Waals surface area contributed by atoms with Crippen molar-refractivity contribution in [2.45, 2.75) is 57.2 Å². The maximum atomic E-state index is 12.6. The number of halogens is 1. The zero-order chi connectivity index (χ0) is 15.6. The summed E-state index contributed by atoms with van der Waals surface area (Å²) >= 11 is 3.26. The Kier molecular flexibility index (Phi) is 5.24. The summed E-state index contributed by atoms with van der Waals surface area (Å²) < 4.78 is 5.10. The SMILES string of the molecule is CC(=O)OC1C(=O)N(C2CCCCC2)C(C(=O)O)C1CBr. The molecule has 2 rings (SSSR count). The highest BCUT2D eigenvalue weighted by atomic mass is 79.9. The molecule has 3 unspecified atom stereocenters. The summed E-state index contributed by atoms with van der Waals surface area (Å²) in [5.74, 6) is -2.52. The van der Waals surface area contributed by atoms with Crippen molar-refractivity contribution in [1.82, 2.24) is 4.90 Å². The molecule has 2 aliphatic rings. The van der Waals surface area contributed by atoms with E-state index in [0.717, 1.165) is 32.1 Å². The van der Waals surface area contributed by atoms with Gasteiger partial charge in [0.25, 0.3) is 5.91 Å². The van der Waals surface area contributed by atoms with Gasteiger partial charge in [-0.15, -0.1) is 0 Å². The van der Waals surface area contributed by atoms with Gasteiger partial charge in [-0.25, -0.2) is 4.79 Å². The van der Waals surface area contributed by atoms with Crippen molar-refractivity contribution in [2.24, 2.45) is 5.92 Å². The highest BCUT2D eigenvalue weighted by Gasteiger charge is 2.54. The summed E-state index contributed by atoms with van der Waals surface area (Å²) in [5.41, 5.74) is 0. The molecule has 1 aliphatic heterocycles. The number of alkyl halides is 1. The van der Waals surface area contributed by atoms with E-state index in [9.17, 15) is 19.5 Å². The van der Waals surface area contributed by atoms with Gasteiger partial charge in [0.15, 0.2) is 6.10 Å². The van der Waals surface area contributed by atoms with Crippen LogP contribution >= 0.6 is 15.9 Å². The molecule has 0 aromatic rings. The molecule has 0 aromatic heterocycles. The minimum Gasteiger partial charge on any atom is -0.480 e. The van der Waals surface area contributed by atoms with Crippen LogP contribution in [0.3, 0.4) is 0 Å². The second kappa shape index (κ2) is 6.77. The van der Waals surface area contributed by atoms with Gasteiger partial charge in [-0.2, -0.15) is 0 Å². The van der Waals surface area contributed by atoms with E-state index in [1.807, 2.05) is 0 Å².